The summed E-state index contributed by atoms with van der Waals surface area (Å²) in [4.78, 5) is 18.6. The Bertz CT molecular complexity index is 477. The van der Waals surface area contributed by atoms with E-state index in [-0.39, 0.29) is 5.91 Å². The predicted molar refractivity (Wildman–Crippen MR) is 90.2 cm³/mol. The lowest BCUT2D eigenvalue weighted by molar-refractivity contribution is 0.0963. The molecule has 0 aromatic carbocycles. The zero-order valence-corrected chi connectivity index (χ0v) is 13.8. The second-order valence-corrected chi connectivity index (χ2v) is 5.99. The highest BCUT2D eigenvalue weighted by molar-refractivity contribution is 5.98. The molecule has 1 aliphatic rings. The van der Waals surface area contributed by atoms with Gasteiger partial charge in [-0.2, -0.15) is 0 Å². The molecule has 1 amide bonds. The Morgan fingerprint density at radius 2 is 2.27 bits per heavy atom. The van der Waals surface area contributed by atoms with Crippen LogP contribution in [0.5, 0.6) is 0 Å². The Morgan fingerprint density at radius 3 is 3.05 bits per heavy atom. The molecule has 0 radical (unpaired) electrons. The van der Waals surface area contributed by atoms with Crippen LogP contribution in [-0.4, -0.2) is 48.5 Å². The van der Waals surface area contributed by atoms with Gasteiger partial charge in [0.2, 0.25) is 0 Å². The molecule has 0 saturated carbocycles. The summed E-state index contributed by atoms with van der Waals surface area (Å²) in [6.07, 6.45) is 8.03. The number of rotatable bonds is 7. The Balaban J connectivity index is 1.71. The minimum absolute atomic E-state index is 0.0993. The largest absolute Gasteiger partial charge is 0.369 e. The van der Waals surface area contributed by atoms with E-state index in [2.05, 4.69) is 27.4 Å². The van der Waals surface area contributed by atoms with Gasteiger partial charge in [0.05, 0.1) is 5.56 Å². The number of nitrogens with one attached hydrogen (secondary N) is 2. The van der Waals surface area contributed by atoms with E-state index in [0.29, 0.717) is 11.4 Å². The molecule has 1 aliphatic heterocycles. The fraction of sp³-hybridized carbons (Fsp3) is 0.647. The van der Waals surface area contributed by atoms with Crippen LogP contribution in [-0.2, 0) is 0 Å². The first-order valence-electron chi connectivity index (χ1n) is 8.37. The molecule has 2 heterocycles. The molecule has 122 valence electrons. The summed E-state index contributed by atoms with van der Waals surface area (Å²) < 4.78 is 0. The van der Waals surface area contributed by atoms with Gasteiger partial charge in [-0.25, -0.2) is 4.98 Å². The summed E-state index contributed by atoms with van der Waals surface area (Å²) in [7, 11) is 1.64. The number of unbranched alkanes of at least 4 members (excludes halogenated alkanes) is 1. The van der Waals surface area contributed by atoms with Gasteiger partial charge in [0.25, 0.3) is 5.91 Å². The van der Waals surface area contributed by atoms with E-state index in [9.17, 15) is 4.79 Å². The van der Waals surface area contributed by atoms with Crippen molar-refractivity contribution in [2.75, 3.05) is 32.0 Å². The highest BCUT2D eigenvalue weighted by atomic mass is 16.1. The van der Waals surface area contributed by atoms with E-state index >= 15 is 0 Å². The average Bonchev–Trinajstić information content (AvgIpc) is 2.56. The lowest BCUT2D eigenvalue weighted by Gasteiger charge is -2.33. The molecule has 2 rings (SSSR count). The molecular weight excluding hydrogens is 276 g/mol. The van der Waals surface area contributed by atoms with E-state index in [0.717, 1.165) is 19.0 Å². The second-order valence-electron chi connectivity index (χ2n) is 5.99. The molecular formula is C17H28N4O. The lowest BCUT2D eigenvalue weighted by Crippen LogP contribution is -2.38. The van der Waals surface area contributed by atoms with Gasteiger partial charge >= 0.3 is 0 Å². The van der Waals surface area contributed by atoms with Crippen molar-refractivity contribution in [2.24, 2.45) is 0 Å². The molecule has 0 bridgehead atoms. The number of pyridine rings is 1. The van der Waals surface area contributed by atoms with Gasteiger partial charge in [0.1, 0.15) is 5.82 Å². The number of likely N-dealkylation sites (tertiary alicyclic amines) is 1. The molecule has 1 unspecified atom stereocenters. The molecule has 1 fully saturated rings. The summed E-state index contributed by atoms with van der Waals surface area (Å²) in [5.74, 6) is 0.575. The van der Waals surface area contributed by atoms with Crippen LogP contribution in [0.2, 0.25) is 0 Å². The zero-order chi connectivity index (χ0) is 15.8. The topological polar surface area (TPSA) is 57.3 Å². The summed E-state index contributed by atoms with van der Waals surface area (Å²) in [6.45, 7) is 5.60. The molecule has 2 N–H and O–H groups in total. The third-order valence-corrected chi connectivity index (χ3v) is 4.38. The first kappa shape index (κ1) is 16.7. The molecule has 22 heavy (non-hydrogen) atoms. The van der Waals surface area contributed by atoms with E-state index in [1.54, 1.807) is 25.4 Å². The Hall–Kier alpha value is -1.62. The van der Waals surface area contributed by atoms with Gasteiger partial charge < -0.3 is 15.5 Å². The van der Waals surface area contributed by atoms with Crippen LogP contribution in [0.15, 0.2) is 18.3 Å². The number of anilines is 1. The van der Waals surface area contributed by atoms with Gasteiger partial charge in [-0.1, -0.05) is 6.42 Å². The average molecular weight is 304 g/mol. The van der Waals surface area contributed by atoms with Crippen LogP contribution >= 0.6 is 0 Å². The van der Waals surface area contributed by atoms with E-state index in [1.165, 1.54) is 38.8 Å². The quantitative estimate of drug-likeness (QED) is 0.760. The number of amides is 1. The summed E-state index contributed by atoms with van der Waals surface area (Å²) >= 11 is 0. The first-order valence-corrected chi connectivity index (χ1v) is 8.37. The number of nitrogens with zero attached hydrogens (tertiary/aromatic N) is 2. The predicted octanol–water partition coefficient (Wildman–Crippen LogP) is 2.51. The van der Waals surface area contributed by atoms with Crippen molar-refractivity contribution in [1.82, 2.24) is 15.2 Å². The van der Waals surface area contributed by atoms with Crippen LogP contribution < -0.4 is 10.6 Å². The van der Waals surface area contributed by atoms with Gasteiger partial charge in [-0.15, -0.1) is 0 Å². The zero-order valence-electron chi connectivity index (χ0n) is 13.8. The van der Waals surface area contributed by atoms with Crippen LogP contribution in [0.1, 0.15) is 49.4 Å². The van der Waals surface area contributed by atoms with Crippen molar-refractivity contribution < 1.29 is 4.79 Å². The highest BCUT2D eigenvalue weighted by Crippen LogP contribution is 2.17. The van der Waals surface area contributed by atoms with Crippen molar-refractivity contribution >= 4 is 11.7 Å². The molecule has 1 aromatic heterocycles. The van der Waals surface area contributed by atoms with Gasteiger partial charge in [0.15, 0.2) is 0 Å². The van der Waals surface area contributed by atoms with E-state index in [4.69, 9.17) is 0 Å². The van der Waals surface area contributed by atoms with Crippen molar-refractivity contribution in [3.05, 3.63) is 23.9 Å². The number of hydrogen-bond acceptors (Lipinski definition) is 4. The molecule has 5 heteroatoms. The SMILES string of the molecule is CNC(=O)c1cccnc1NCCCCN1CCCCC1C. The monoisotopic (exact) mass is 304 g/mol. The maximum Gasteiger partial charge on any atom is 0.254 e. The van der Waals surface area contributed by atoms with Gasteiger partial charge in [-0.3, -0.25) is 4.79 Å². The van der Waals surface area contributed by atoms with Crippen LogP contribution in [0.25, 0.3) is 0 Å². The lowest BCUT2D eigenvalue weighted by atomic mass is 10.0. The van der Waals surface area contributed by atoms with Crippen LogP contribution in [0.3, 0.4) is 0 Å². The third kappa shape index (κ3) is 4.70. The fourth-order valence-corrected chi connectivity index (χ4v) is 3.00. The minimum Gasteiger partial charge on any atom is -0.369 e. The molecule has 1 atom stereocenters. The number of aromatic nitrogens is 1. The number of piperidine rings is 1. The molecule has 1 saturated heterocycles. The fourth-order valence-electron chi connectivity index (χ4n) is 3.00. The Kier molecular flexibility index (Phi) is 6.65. The maximum absolute atomic E-state index is 11.8. The third-order valence-electron chi connectivity index (χ3n) is 4.38. The Labute approximate surface area is 133 Å². The second kappa shape index (κ2) is 8.73. The van der Waals surface area contributed by atoms with Gasteiger partial charge in [-0.05, 0) is 57.8 Å². The number of hydrogen-bond donors (Lipinski definition) is 2. The molecule has 5 nitrogen and oxygen atoms in total. The van der Waals surface area contributed by atoms with Crippen molar-refractivity contribution in [1.29, 1.82) is 0 Å². The van der Waals surface area contributed by atoms with Crippen molar-refractivity contribution in [2.45, 2.75) is 45.1 Å². The minimum atomic E-state index is -0.0993. The number of carbonyl (C=O) groups excluding carboxylic acids is 1. The van der Waals surface area contributed by atoms with E-state index < -0.39 is 0 Å². The molecule has 0 aliphatic carbocycles. The highest BCUT2D eigenvalue weighted by Gasteiger charge is 2.17. The van der Waals surface area contributed by atoms with Gasteiger partial charge in [0, 0.05) is 25.8 Å². The maximum atomic E-state index is 11.8. The van der Waals surface area contributed by atoms with Crippen LogP contribution in [0.4, 0.5) is 5.82 Å². The normalized spacial score (nSPS) is 18.9. The standard InChI is InChI=1S/C17H28N4O/c1-14-8-3-5-12-21(14)13-6-4-10-19-16-15(17(22)18-2)9-7-11-20-16/h7,9,11,14H,3-6,8,10,12-13H2,1-2H3,(H,18,22)(H,19,20). The number of carbonyl (C=O) groups is 1. The summed E-state index contributed by atoms with van der Waals surface area (Å²) in [6, 6.07) is 4.31. The first-order chi connectivity index (χ1) is 10.7. The Morgan fingerprint density at radius 1 is 1.41 bits per heavy atom. The van der Waals surface area contributed by atoms with Crippen molar-refractivity contribution in [3.8, 4) is 0 Å². The van der Waals surface area contributed by atoms with Crippen LogP contribution in [0, 0.1) is 0 Å². The molecule has 1 aromatic rings. The summed E-state index contributed by atoms with van der Waals surface area (Å²) in [5.41, 5.74) is 0.606. The smallest absolute Gasteiger partial charge is 0.254 e. The molecule has 0 spiro atoms. The van der Waals surface area contributed by atoms with E-state index in [1.807, 2.05) is 0 Å². The van der Waals surface area contributed by atoms with Crippen molar-refractivity contribution in [3.63, 3.8) is 0 Å². The summed E-state index contributed by atoms with van der Waals surface area (Å²) in [5, 5.41) is 5.93.